The molecule has 1 aromatic heterocycles. The van der Waals surface area contributed by atoms with Gasteiger partial charge in [-0.2, -0.15) is 5.10 Å². The number of phenols is 1. The van der Waals surface area contributed by atoms with Crippen LogP contribution < -0.4 is 0 Å². The van der Waals surface area contributed by atoms with E-state index in [0.29, 0.717) is 5.02 Å². The summed E-state index contributed by atoms with van der Waals surface area (Å²) in [4.78, 5) is 0.248. The third-order valence-electron chi connectivity index (χ3n) is 4.52. The fourth-order valence-electron chi connectivity index (χ4n) is 3.01. The molecule has 0 amide bonds. The molecule has 146 valence electrons. The number of hydrogen-bond acceptors (Lipinski definition) is 4. The van der Waals surface area contributed by atoms with Gasteiger partial charge in [0.2, 0.25) is 0 Å². The molecule has 1 heterocycles. The number of nitrogens with zero attached hydrogens (tertiary/aromatic N) is 2. The predicted molar refractivity (Wildman–Crippen MR) is 114 cm³/mol. The molecule has 0 atom stereocenters. The third kappa shape index (κ3) is 4.04. The van der Waals surface area contributed by atoms with E-state index in [1.54, 1.807) is 65.3 Å². The van der Waals surface area contributed by atoms with Gasteiger partial charge in [-0.25, -0.2) is 13.1 Å². The zero-order valence-corrected chi connectivity index (χ0v) is 17.0. The monoisotopic (exact) mass is 424 g/mol. The van der Waals surface area contributed by atoms with Crippen molar-refractivity contribution in [3.63, 3.8) is 0 Å². The average Bonchev–Trinajstić information content (AvgIpc) is 3.14. The predicted octanol–water partition coefficient (Wildman–Crippen LogP) is 4.97. The summed E-state index contributed by atoms with van der Waals surface area (Å²) < 4.78 is 25.3. The average molecular weight is 425 g/mol. The van der Waals surface area contributed by atoms with Gasteiger partial charge in [0, 0.05) is 22.4 Å². The first-order valence-electron chi connectivity index (χ1n) is 8.77. The zero-order chi connectivity index (χ0) is 20.6. The molecule has 0 aliphatic carbocycles. The van der Waals surface area contributed by atoms with E-state index >= 15 is 0 Å². The lowest BCUT2D eigenvalue weighted by molar-refractivity contribution is 0.475. The molecule has 5 nitrogen and oxygen atoms in total. The number of benzene rings is 3. The molecule has 0 bridgehead atoms. The highest BCUT2D eigenvalue weighted by Crippen LogP contribution is 2.30. The van der Waals surface area contributed by atoms with Crippen molar-refractivity contribution in [2.45, 2.75) is 4.90 Å². The Morgan fingerprint density at radius 3 is 2.03 bits per heavy atom. The normalized spacial score (nSPS) is 11.5. The van der Waals surface area contributed by atoms with Gasteiger partial charge in [-0.1, -0.05) is 23.7 Å². The SMILES string of the molecule is CS(=O)(=O)c1ccc(-n2nc(-c3ccc(Cl)cc3)cc2-c2ccc(O)cc2)cc1. The molecule has 3 aromatic carbocycles. The lowest BCUT2D eigenvalue weighted by Crippen LogP contribution is -2.01. The second-order valence-corrected chi connectivity index (χ2v) is 9.10. The van der Waals surface area contributed by atoms with Gasteiger partial charge in [-0.05, 0) is 66.7 Å². The maximum atomic E-state index is 11.8. The van der Waals surface area contributed by atoms with E-state index in [4.69, 9.17) is 16.7 Å². The first-order valence-corrected chi connectivity index (χ1v) is 11.0. The molecule has 0 spiro atoms. The lowest BCUT2D eigenvalue weighted by atomic mass is 10.1. The highest BCUT2D eigenvalue weighted by Gasteiger charge is 2.14. The number of aromatic hydroxyl groups is 1. The Labute approximate surface area is 173 Å². The largest absolute Gasteiger partial charge is 0.508 e. The highest BCUT2D eigenvalue weighted by molar-refractivity contribution is 7.90. The van der Waals surface area contributed by atoms with E-state index in [0.717, 1.165) is 28.2 Å². The van der Waals surface area contributed by atoms with Gasteiger partial charge in [0.1, 0.15) is 5.75 Å². The summed E-state index contributed by atoms with van der Waals surface area (Å²) in [6.45, 7) is 0. The van der Waals surface area contributed by atoms with E-state index < -0.39 is 9.84 Å². The lowest BCUT2D eigenvalue weighted by Gasteiger charge is -2.08. The molecule has 29 heavy (non-hydrogen) atoms. The molecule has 0 fully saturated rings. The fraction of sp³-hybridized carbons (Fsp3) is 0.0455. The van der Waals surface area contributed by atoms with Crippen molar-refractivity contribution in [1.82, 2.24) is 9.78 Å². The molecule has 0 saturated heterocycles. The van der Waals surface area contributed by atoms with E-state index in [1.807, 2.05) is 18.2 Å². The second-order valence-electron chi connectivity index (χ2n) is 6.65. The molecule has 0 aliphatic rings. The maximum absolute atomic E-state index is 11.8. The van der Waals surface area contributed by atoms with Crippen molar-refractivity contribution in [1.29, 1.82) is 0 Å². The smallest absolute Gasteiger partial charge is 0.175 e. The van der Waals surface area contributed by atoms with Gasteiger partial charge in [-0.15, -0.1) is 0 Å². The molecule has 7 heteroatoms. The summed E-state index contributed by atoms with van der Waals surface area (Å²) in [5, 5.41) is 15.0. The van der Waals surface area contributed by atoms with E-state index in [2.05, 4.69) is 0 Å². The second kappa shape index (κ2) is 7.39. The molecule has 4 rings (SSSR count). The Hall–Kier alpha value is -3.09. The number of sulfone groups is 1. The van der Waals surface area contributed by atoms with Gasteiger partial charge < -0.3 is 5.11 Å². The van der Waals surface area contributed by atoms with Crippen LogP contribution in [-0.2, 0) is 9.84 Å². The van der Waals surface area contributed by atoms with Crippen LogP contribution >= 0.6 is 11.6 Å². The van der Waals surface area contributed by atoms with Crippen LogP contribution in [0.2, 0.25) is 5.02 Å². The minimum atomic E-state index is -3.28. The fourth-order valence-corrected chi connectivity index (χ4v) is 3.77. The summed E-state index contributed by atoms with van der Waals surface area (Å²) in [7, 11) is -3.28. The number of aromatic nitrogens is 2. The van der Waals surface area contributed by atoms with Crippen LogP contribution in [0.1, 0.15) is 0 Å². The summed E-state index contributed by atoms with van der Waals surface area (Å²) >= 11 is 6.00. The van der Waals surface area contributed by atoms with Crippen molar-refractivity contribution in [2.75, 3.05) is 6.26 Å². The van der Waals surface area contributed by atoms with Gasteiger partial charge in [-0.3, -0.25) is 0 Å². The van der Waals surface area contributed by atoms with Crippen LogP contribution in [0.4, 0.5) is 0 Å². The first-order chi connectivity index (χ1) is 13.8. The Morgan fingerprint density at radius 1 is 0.862 bits per heavy atom. The standard InChI is InChI=1S/C22H17ClN2O3S/c1-29(27,28)20-12-8-18(9-13-20)25-22(16-4-10-19(26)11-5-16)14-21(24-25)15-2-6-17(23)7-3-15/h2-14,26H,1H3. The zero-order valence-electron chi connectivity index (χ0n) is 15.4. The van der Waals surface area contributed by atoms with Crippen molar-refractivity contribution in [2.24, 2.45) is 0 Å². The minimum Gasteiger partial charge on any atom is -0.508 e. The van der Waals surface area contributed by atoms with Crippen LogP contribution in [0.5, 0.6) is 5.75 Å². The number of rotatable bonds is 4. The van der Waals surface area contributed by atoms with Gasteiger partial charge in [0.15, 0.2) is 9.84 Å². The topological polar surface area (TPSA) is 72.2 Å². The number of halogens is 1. The minimum absolute atomic E-state index is 0.176. The van der Waals surface area contributed by atoms with Gasteiger partial charge in [0.05, 0.1) is 22.0 Å². The van der Waals surface area contributed by atoms with Crippen LogP contribution in [0.25, 0.3) is 28.2 Å². The number of hydrogen-bond donors (Lipinski definition) is 1. The molecule has 1 N–H and O–H groups in total. The van der Waals surface area contributed by atoms with Crippen molar-refractivity contribution in [3.8, 4) is 34.0 Å². The van der Waals surface area contributed by atoms with Crippen LogP contribution in [0.15, 0.2) is 83.8 Å². The Bertz CT molecular complexity index is 1260. The summed E-state index contributed by atoms with van der Waals surface area (Å²) in [5.74, 6) is 0.176. The number of phenolic OH excluding ortho intramolecular Hbond substituents is 1. The molecule has 0 aliphatic heterocycles. The van der Waals surface area contributed by atoms with Crippen molar-refractivity contribution in [3.05, 3.63) is 83.9 Å². The Kier molecular flexibility index (Phi) is 4.90. The van der Waals surface area contributed by atoms with Crippen molar-refractivity contribution < 1.29 is 13.5 Å². The maximum Gasteiger partial charge on any atom is 0.175 e. The summed E-state index contributed by atoms with van der Waals surface area (Å²) in [6.07, 6.45) is 1.18. The van der Waals surface area contributed by atoms with E-state index in [9.17, 15) is 13.5 Å². The quantitative estimate of drug-likeness (QED) is 0.502. The molecular weight excluding hydrogens is 408 g/mol. The summed E-state index contributed by atoms with van der Waals surface area (Å²) in [5.41, 5.74) is 4.04. The first kappa shape index (κ1) is 19.2. The van der Waals surface area contributed by atoms with Gasteiger partial charge >= 0.3 is 0 Å². The van der Waals surface area contributed by atoms with Crippen LogP contribution in [0, 0.1) is 0 Å². The van der Waals surface area contributed by atoms with E-state index in [1.165, 1.54) is 6.26 Å². The van der Waals surface area contributed by atoms with Gasteiger partial charge in [0.25, 0.3) is 0 Å². The highest BCUT2D eigenvalue weighted by atomic mass is 35.5. The Morgan fingerprint density at radius 2 is 1.45 bits per heavy atom. The van der Waals surface area contributed by atoms with Crippen molar-refractivity contribution >= 4 is 21.4 Å². The molecule has 0 radical (unpaired) electrons. The Balaban J connectivity index is 1.86. The summed E-state index contributed by atoms with van der Waals surface area (Å²) in [6, 6.07) is 22.7. The molecular formula is C22H17ClN2O3S. The molecule has 0 saturated carbocycles. The van der Waals surface area contributed by atoms with E-state index in [-0.39, 0.29) is 10.6 Å². The third-order valence-corrected chi connectivity index (χ3v) is 5.90. The van der Waals surface area contributed by atoms with Crippen LogP contribution in [-0.4, -0.2) is 29.6 Å². The van der Waals surface area contributed by atoms with Crippen LogP contribution in [0.3, 0.4) is 0 Å². The molecule has 0 unspecified atom stereocenters. The molecule has 4 aromatic rings.